The fourth-order valence-electron chi connectivity index (χ4n) is 3.22. The molecule has 0 aliphatic carbocycles. The van der Waals surface area contributed by atoms with Crippen LogP contribution in [0.4, 0.5) is 5.69 Å². The Kier molecular flexibility index (Phi) is 6.56. The van der Waals surface area contributed by atoms with Crippen LogP contribution in [-0.4, -0.2) is 19.6 Å². The molecule has 0 saturated carbocycles. The lowest BCUT2D eigenvalue weighted by Crippen LogP contribution is -2.21. The lowest BCUT2D eigenvalue weighted by molar-refractivity contribution is 0.530. The maximum absolute atomic E-state index is 3.78. The van der Waals surface area contributed by atoms with Gasteiger partial charge in [0.25, 0.3) is 0 Å². The largest absolute Gasteiger partial charge is 0.370 e. The Labute approximate surface area is 138 Å². The highest BCUT2D eigenvalue weighted by Crippen LogP contribution is 2.33. The summed E-state index contributed by atoms with van der Waals surface area (Å²) in [7, 11) is 0. The van der Waals surface area contributed by atoms with E-state index in [-0.39, 0.29) is 0 Å². The van der Waals surface area contributed by atoms with Crippen LogP contribution in [0.15, 0.2) is 22.7 Å². The van der Waals surface area contributed by atoms with Crippen LogP contribution in [0.2, 0.25) is 0 Å². The van der Waals surface area contributed by atoms with E-state index in [9.17, 15) is 0 Å². The predicted octanol–water partition coefficient (Wildman–Crippen LogP) is 5.14. The summed E-state index contributed by atoms with van der Waals surface area (Å²) < 4.78 is 1.24. The minimum Gasteiger partial charge on any atom is -0.370 e. The monoisotopic (exact) mass is 352 g/mol. The minimum atomic E-state index is 0.418. The Morgan fingerprint density at radius 2 is 2.14 bits per heavy atom. The summed E-state index contributed by atoms with van der Waals surface area (Å²) >= 11 is 3.78. The molecule has 118 valence electrons. The third-order valence-corrected chi connectivity index (χ3v) is 5.13. The van der Waals surface area contributed by atoms with Crippen LogP contribution in [0.25, 0.3) is 0 Å². The normalized spacial score (nSPS) is 20.0. The van der Waals surface area contributed by atoms with E-state index in [2.05, 4.69) is 65.1 Å². The summed E-state index contributed by atoms with van der Waals surface area (Å²) in [5.41, 5.74) is 2.73. The molecule has 2 rings (SSSR count). The smallest absolute Gasteiger partial charge is 0.0510 e. The number of nitrogens with one attached hydrogen (secondary N) is 1. The molecule has 3 heteroatoms. The van der Waals surface area contributed by atoms with Crippen LogP contribution in [-0.2, 0) is 0 Å². The predicted molar refractivity (Wildman–Crippen MR) is 96.1 cm³/mol. The fourth-order valence-corrected chi connectivity index (χ4v) is 3.87. The summed E-state index contributed by atoms with van der Waals surface area (Å²) in [6.07, 6.45) is 5.19. The first-order valence-electron chi connectivity index (χ1n) is 8.43. The summed E-state index contributed by atoms with van der Waals surface area (Å²) in [4.78, 5) is 2.54. The first kappa shape index (κ1) is 16.8. The second kappa shape index (κ2) is 8.19. The molecule has 2 atom stereocenters. The SMILES string of the molecule is CCCNC(C)c1ccc(N2CCC(CCC)C2)c(Br)c1. The van der Waals surface area contributed by atoms with Crippen LogP contribution < -0.4 is 10.2 Å². The van der Waals surface area contributed by atoms with E-state index in [1.165, 1.54) is 54.5 Å². The van der Waals surface area contributed by atoms with Gasteiger partial charge in [-0.15, -0.1) is 0 Å². The van der Waals surface area contributed by atoms with Crippen molar-refractivity contribution >= 4 is 21.6 Å². The topological polar surface area (TPSA) is 15.3 Å². The van der Waals surface area contributed by atoms with Crippen molar-refractivity contribution in [1.29, 1.82) is 0 Å². The summed E-state index contributed by atoms with van der Waals surface area (Å²) in [6.45, 7) is 10.2. The molecule has 2 nitrogen and oxygen atoms in total. The standard InChI is InChI=1S/C18H29BrN2/c1-4-6-15-9-11-21(13-15)18-8-7-16(12-17(18)19)14(3)20-10-5-2/h7-8,12,14-15,20H,4-6,9-11,13H2,1-3H3. The highest BCUT2D eigenvalue weighted by Gasteiger charge is 2.23. The first-order valence-corrected chi connectivity index (χ1v) is 9.22. The lowest BCUT2D eigenvalue weighted by Gasteiger charge is -2.22. The first-order chi connectivity index (χ1) is 10.2. The highest BCUT2D eigenvalue weighted by atomic mass is 79.9. The van der Waals surface area contributed by atoms with E-state index in [1.54, 1.807) is 0 Å². The molecule has 0 radical (unpaired) electrons. The summed E-state index contributed by atoms with van der Waals surface area (Å²) in [6, 6.07) is 7.27. The molecule has 2 unspecified atom stereocenters. The zero-order valence-corrected chi connectivity index (χ0v) is 15.2. The fraction of sp³-hybridized carbons (Fsp3) is 0.667. The van der Waals surface area contributed by atoms with Crippen molar-refractivity contribution in [1.82, 2.24) is 5.32 Å². The van der Waals surface area contributed by atoms with Crippen LogP contribution in [0.1, 0.15) is 58.1 Å². The lowest BCUT2D eigenvalue weighted by atomic mass is 10.0. The van der Waals surface area contributed by atoms with Gasteiger partial charge in [0.15, 0.2) is 0 Å². The van der Waals surface area contributed by atoms with Gasteiger partial charge in [0.2, 0.25) is 0 Å². The van der Waals surface area contributed by atoms with Crippen LogP contribution in [0.3, 0.4) is 0 Å². The molecule has 1 fully saturated rings. The van der Waals surface area contributed by atoms with E-state index in [4.69, 9.17) is 0 Å². The van der Waals surface area contributed by atoms with Crippen molar-refractivity contribution < 1.29 is 0 Å². The van der Waals surface area contributed by atoms with Crippen molar-refractivity contribution in [3.63, 3.8) is 0 Å². The Balaban J connectivity index is 2.02. The molecule has 1 aromatic rings. The number of benzene rings is 1. The van der Waals surface area contributed by atoms with Crippen molar-refractivity contribution in [2.45, 2.75) is 52.5 Å². The second-order valence-electron chi connectivity index (χ2n) is 6.28. The maximum Gasteiger partial charge on any atom is 0.0510 e. The second-order valence-corrected chi connectivity index (χ2v) is 7.13. The van der Waals surface area contributed by atoms with Gasteiger partial charge in [-0.1, -0.05) is 26.3 Å². The molecule has 0 aromatic heterocycles. The molecule has 1 aliphatic heterocycles. The third-order valence-electron chi connectivity index (χ3n) is 4.50. The molecular formula is C18H29BrN2. The number of hydrogen-bond donors (Lipinski definition) is 1. The molecule has 21 heavy (non-hydrogen) atoms. The van der Waals surface area contributed by atoms with E-state index < -0.39 is 0 Å². The molecular weight excluding hydrogens is 324 g/mol. The van der Waals surface area contributed by atoms with Gasteiger partial charge in [-0.05, 0) is 72.3 Å². The van der Waals surface area contributed by atoms with Crippen molar-refractivity contribution in [2.75, 3.05) is 24.5 Å². The summed E-state index contributed by atoms with van der Waals surface area (Å²) in [5.74, 6) is 0.881. The van der Waals surface area contributed by atoms with Gasteiger partial charge >= 0.3 is 0 Å². The molecule has 0 bridgehead atoms. The van der Waals surface area contributed by atoms with Gasteiger partial charge in [-0.25, -0.2) is 0 Å². The maximum atomic E-state index is 3.78. The average molecular weight is 353 g/mol. The Bertz CT molecular complexity index is 447. The van der Waals surface area contributed by atoms with Gasteiger partial charge in [0, 0.05) is 23.6 Å². The van der Waals surface area contributed by atoms with E-state index in [1.807, 2.05) is 0 Å². The molecule has 1 heterocycles. The van der Waals surface area contributed by atoms with E-state index in [0.717, 1.165) is 12.5 Å². The molecule has 1 N–H and O–H groups in total. The minimum absolute atomic E-state index is 0.418. The molecule has 1 aromatic carbocycles. The zero-order chi connectivity index (χ0) is 15.2. The van der Waals surface area contributed by atoms with Gasteiger partial charge in [-0.3, -0.25) is 0 Å². The van der Waals surface area contributed by atoms with Crippen LogP contribution in [0, 0.1) is 5.92 Å². The number of halogens is 1. The third kappa shape index (κ3) is 4.46. The van der Waals surface area contributed by atoms with Gasteiger partial charge < -0.3 is 10.2 Å². The molecule has 0 spiro atoms. The number of anilines is 1. The molecule has 1 aliphatic rings. The summed E-state index contributed by atoms with van der Waals surface area (Å²) in [5, 5.41) is 3.55. The van der Waals surface area contributed by atoms with Gasteiger partial charge in [-0.2, -0.15) is 0 Å². The van der Waals surface area contributed by atoms with Crippen LogP contribution in [0.5, 0.6) is 0 Å². The van der Waals surface area contributed by atoms with Crippen molar-refractivity contribution in [3.05, 3.63) is 28.2 Å². The van der Waals surface area contributed by atoms with Gasteiger partial charge in [0.1, 0.15) is 0 Å². The van der Waals surface area contributed by atoms with E-state index in [0.29, 0.717) is 6.04 Å². The van der Waals surface area contributed by atoms with Crippen molar-refractivity contribution in [2.24, 2.45) is 5.92 Å². The number of nitrogens with zero attached hydrogens (tertiary/aromatic N) is 1. The highest BCUT2D eigenvalue weighted by molar-refractivity contribution is 9.10. The number of hydrogen-bond acceptors (Lipinski definition) is 2. The van der Waals surface area contributed by atoms with Gasteiger partial charge in [0.05, 0.1) is 5.69 Å². The average Bonchev–Trinajstić information content (AvgIpc) is 2.93. The molecule has 1 saturated heterocycles. The van der Waals surface area contributed by atoms with Crippen molar-refractivity contribution in [3.8, 4) is 0 Å². The molecule has 0 amide bonds. The number of rotatable bonds is 7. The zero-order valence-electron chi connectivity index (χ0n) is 13.7. The Morgan fingerprint density at radius 3 is 2.81 bits per heavy atom. The van der Waals surface area contributed by atoms with E-state index >= 15 is 0 Å². The Hall–Kier alpha value is -0.540. The Morgan fingerprint density at radius 1 is 1.33 bits per heavy atom. The van der Waals surface area contributed by atoms with Crippen LogP contribution >= 0.6 is 15.9 Å². The quantitative estimate of drug-likeness (QED) is 0.730.